The van der Waals surface area contributed by atoms with Crippen LogP contribution in [0.2, 0.25) is 0 Å². The lowest BCUT2D eigenvalue weighted by atomic mass is 9.96. The minimum Gasteiger partial charge on any atom is -0.388 e. The maximum absolute atomic E-state index is 12.9. The van der Waals surface area contributed by atoms with E-state index in [0.29, 0.717) is 32.7 Å². The predicted molar refractivity (Wildman–Crippen MR) is 213 cm³/mol. The van der Waals surface area contributed by atoms with Gasteiger partial charge in [0, 0.05) is 70.9 Å². The highest BCUT2D eigenvalue weighted by molar-refractivity contribution is 8.01. The second-order valence-corrected chi connectivity index (χ2v) is 17.2. The number of ether oxygens (including phenoxy) is 6. The largest absolute Gasteiger partial charge is 0.388 e. The SMILES string of the molecule is CC(=O)CSC1CC(=O)N(CCN2CC(NCCOCC(=O)NCC3O[C@@H]4OCC(=O)N[C@@H]4[C@@H](O)[C@H]3O)C(NCCOCC(=O)NC[C@H]3OC4OCC(=O)N[C@@H]4[C@@H](O)[C@H]3O)C2)C1=O. The van der Waals surface area contributed by atoms with Gasteiger partial charge in [0.2, 0.25) is 35.4 Å². The number of amides is 6. The summed E-state index contributed by atoms with van der Waals surface area (Å²) in [6.07, 6.45) is -9.40. The molecule has 13 atom stereocenters. The second-order valence-electron chi connectivity index (χ2n) is 16.0. The van der Waals surface area contributed by atoms with Gasteiger partial charge in [0.15, 0.2) is 12.6 Å². The molecular weight excluding hydrogens is 861 g/mol. The van der Waals surface area contributed by atoms with Gasteiger partial charge in [0.05, 0.1) is 24.2 Å². The molecule has 0 aromatic heterocycles. The monoisotopic (exact) mass is 918 g/mol. The first-order valence-electron chi connectivity index (χ1n) is 20.9. The fraction of sp³-hybridized carbons (Fsp3) is 0.811. The average Bonchev–Trinajstić information content (AvgIpc) is 3.77. The highest BCUT2D eigenvalue weighted by atomic mass is 32.2. The Balaban J connectivity index is 0.905. The van der Waals surface area contributed by atoms with Gasteiger partial charge in [0.1, 0.15) is 80.9 Å². The number of nitrogens with zero attached hydrogens (tertiary/aromatic N) is 2. The minimum absolute atomic E-state index is 0.0491. The molecule has 0 saturated carbocycles. The van der Waals surface area contributed by atoms with E-state index in [-0.39, 0.29) is 101 Å². The molecule has 6 rings (SSSR count). The normalized spacial score (nSPS) is 34.6. The van der Waals surface area contributed by atoms with Crippen LogP contribution in [0, 0.1) is 0 Å². The van der Waals surface area contributed by atoms with Gasteiger partial charge in [-0.2, -0.15) is 0 Å². The van der Waals surface area contributed by atoms with Crippen LogP contribution in [0.1, 0.15) is 13.3 Å². The quantitative estimate of drug-likeness (QED) is 0.0356. The molecule has 354 valence electrons. The molecule has 0 aromatic carbocycles. The van der Waals surface area contributed by atoms with Crippen molar-refractivity contribution < 1.29 is 82.4 Å². The Labute approximate surface area is 366 Å². The molecule has 5 unspecified atom stereocenters. The minimum atomic E-state index is -1.39. The standard InChI is InChI=1S/C37H58N8O17S/c1-18(46)17-63-23-8-28(51)45(35(23)56)5-4-44-11-19(38-2-6-57-13-24(47)40-9-21-31(52)33(54)29-36(61-21)59-15-26(49)42-29)20(12-44)39-3-7-58-14-25(48)41-10-22-32(53)34(55)30-37(62-22)60-16-27(50)43-30/h19-23,29-34,36-39,52-55H,2-17H2,1H3,(H,40,47)(H,41,48)(H,42,49)(H,43,50)/t19?,20?,21-,22?,23?,29-,30-,31+,32+,33-,34-,36?,37+/m1/s1. The Kier molecular flexibility index (Phi) is 18.0. The van der Waals surface area contributed by atoms with E-state index >= 15 is 0 Å². The Bertz CT molecular complexity index is 1560. The van der Waals surface area contributed by atoms with Gasteiger partial charge >= 0.3 is 0 Å². The van der Waals surface area contributed by atoms with Gasteiger partial charge in [-0.3, -0.25) is 43.4 Å². The van der Waals surface area contributed by atoms with Crippen molar-refractivity contribution >= 4 is 53.0 Å². The topological polar surface area (TPSA) is 334 Å². The molecule has 6 saturated heterocycles. The lowest BCUT2D eigenvalue weighted by Gasteiger charge is -2.44. The summed E-state index contributed by atoms with van der Waals surface area (Å²) in [5.74, 6) is -2.38. The van der Waals surface area contributed by atoms with Crippen LogP contribution in [-0.2, 0) is 62.0 Å². The van der Waals surface area contributed by atoms with Crippen LogP contribution in [0.5, 0.6) is 0 Å². The highest BCUT2D eigenvalue weighted by Gasteiger charge is 2.49. The van der Waals surface area contributed by atoms with Crippen LogP contribution in [0.4, 0.5) is 0 Å². The first-order valence-corrected chi connectivity index (χ1v) is 21.9. The summed E-state index contributed by atoms with van der Waals surface area (Å²) in [7, 11) is 0. The van der Waals surface area contributed by atoms with Crippen molar-refractivity contribution in [1.29, 1.82) is 0 Å². The van der Waals surface area contributed by atoms with Crippen molar-refractivity contribution in [2.75, 3.05) is 97.8 Å². The Morgan fingerprint density at radius 1 is 0.746 bits per heavy atom. The molecule has 6 aliphatic rings. The Morgan fingerprint density at radius 2 is 1.24 bits per heavy atom. The summed E-state index contributed by atoms with van der Waals surface area (Å²) in [5.41, 5.74) is 0. The number of morpholine rings is 2. The summed E-state index contributed by atoms with van der Waals surface area (Å²) in [4.78, 5) is 88.6. The van der Waals surface area contributed by atoms with E-state index in [1.807, 2.05) is 0 Å². The molecule has 63 heavy (non-hydrogen) atoms. The molecule has 25 nitrogen and oxygen atoms in total. The predicted octanol–water partition coefficient (Wildman–Crippen LogP) is -8.14. The fourth-order valence-corrected chi connectivity index (χ4v) is 8.98. The number of carbonyl (C=O) groups is 7. The van der Waals surface area contributed by atoms with Crippen LogP contribution in [-0.4, -0.2) is 248 Å². The van der Waals surface area contributed by atoms with Crippen molar-refractivity contribution in [2.45, 2.75) is 92.0 Å². The van der Waals surface area contributed by atoms with Gasteiger partial charge in [-0.15, -0.1) is 11.8 Å². The number of fused-ring (bicyclic) bond motifs is 2. The van der Waals surface area contributed by atoms with Crippen LogP contribution >= 0.6 is 11.8 Å². The third-order valence-corrected chi connectivity index (χ3v) is 12.7. The summed E-state index contributed by atoms with van der Waals surface area (Å²) in [6.45, 7) is 2.67. The summed E-state index contributed by atoms with van der Waals surface area (Å²) in [6, 6.07) is -2.16. The maximum atomic E-state index is 12.9. The van der Waals surface area contributed by atoms with Gasteiger partial charge in [-0.25, -0.2) is 0 Å². The lowest BCUT2D eigenvalue weighted by Crippen LogP contribution is -2.68. The van der Waals surface area contributed by atoms with Crippen LogP contribution in [0.15, 0.2) is 0 Å². The van der Waals surface area contributed by atoms with Crippen molar-refractivity contribution in [2.24, 2.45) is 0 Å². The van der Waals surface area contributed by atoms with E-state index in [1.165, 1.54) is 23.6 Å². The molecule has 0 aliphatic carbocycles. The van der Waals surface area contributed by atoms with E-state index in [2.05, 4.69) is 36.8 Å². The Morgan fingerprint density at radius 3 is 1.71 bits per heavy atom. The fourth-order valence-electron chi connectivity index (χ4n) is 8.02. The number of imide groups is 1. The summed E-state index contributed by atoms with van der Waals surface area (Å²) in [5, 5.41) is 58.3. The number of thioether (sulfide) groups is 1. The number of ketones is 1. The second kappa shape index (κ2) is 23.1. The van der Waals surface area contributed by atoms with Crippen LogP contribution in [0.3, 0.4) is 0 Å². The first kappa shape index (κ1) is 49.0. The molecule has 0 radical (unpaired) electrons. The third-order valence-electron chi connectivity index (χ3n) is 11.3. The number of rotatable bonds is 22. The molecule has 0 spiro atoms. The highest BCUT2D eigenvalue weighted by Crippen LogP contribution is 2.27. The number of nitrogens with one attached hydrogen (secondary N) is 6. The van der Waals surface area contributed by atoms with Gasteiger partial charge in [0.25, 0.3) is 0 Å². The Hall–Kier alpha value is -3.48. The maximum Gasteiger partial charge on any atom is 0.246 e. The van der Waals surface area contributed by atoms with Crippen LogP contribution < -0.4 is 31.9 Å². The van der Waals surface area contributed by atoms with E-state index < -0.39 is 90.2 Å². The van der Waals surface area contributed by atoms with Gasteiger partial charge < -0.3 is 80.7 Å². The van der Waals surface area contributed by atoms with E-state index in [0.717, 1.165) is 0 Å². The number of aliphatic hydroxyl groups excluding tert-OH is 4. The van der Waals surface area contributed by atoms with E-state index in [4.69, 9.17) is 28.4 Å². The number of hydrogen-bond acceptors (Lipinski definition) is 21. The zero-order valence-corrected chi connectivity index (χ0v) is 35.5. The molecule has 6 amide bonds. The molecule has 6 aliphatic heterocycles. The zero-order chi connectivity index (χ0) is 45.2. The molecule has 0 aromatic rings. The van der Waals surface area contributed by atoms with Gasteiger partial charge in [-0.05, 0) is 6.92 Å². The van der Waals surface area contributed by atoms with Gasteiger partial charge in [-0.1, -0.05) is 0 Å². The number of carbonyl (C=O) groups excluding carboxylic acids is 7. The van der Waals surface area contributed by atoms with E-state index in [9.17, 15) is 54.0 Å². The number of aliphatic hydroxyl groups is 4. The van der Waals surface area contributed by atoms with E-state index in [1.54, 1.807) is 0 Å². The summed E-state index contributed by atoms with van der Waals surface area (Å²) < 4.78 is 33.0. The number of hydrogen-bond donors (Lipinski definition) is 10. The van der Waals surface area contributed by atoms with Crippen molar-refractivity contribution in [3.05, 3.63) is 0 Å². The van der Waals surface area contributed by atoms with Crippen LogP contribution in [0.25, 0.3) is 0 Å². The summed E-state index contributed by atoms with van der Waals surface area (Å²) >= 11 is 1.17. The average molecular weight is 919 g/mol. The molecule has 6 fully saturated rings. The first-order chi connectivity index (χ1) is 30.2. The number of Topliss-reactive ketones (excluding diaryl/α,β-unsaturated/α-hetero) is 1. The van der Waals surface area contributed by atoms with Crippen molar-refractivity contribution in [3.63, 3.8) is 0 Å². The molecule has 26 heteroatoms. The third kappa shape index (κ3) is 13.3. The molecular formula is C37H58N8O17S. The van der Waals surface area contributed by atoms with Crippen molar-refractivity contribution in [1.82, 2.24) is 41.7 Å². The smallest absolute Gasteiger partial charge is 0.246 e. The molecule has 10 N–H and O–H groups in total. The lowest BCUT2D eigenvalue weighted by molar-refractivity contribution is -0.271. The molecule has 6 heterocycles. The molecule has 0 bridgehead atoms. The number of likely N-dealkylation sites (tertiary alicyclic amines) is 2. The van der Waals surface area contributed by atoms with Crippen molar-refractivity contribution in [3.8, 4) is 0 Å². The zero-order valence-electron chi connectivity index (χ0n) is 34.7.